The second-order valence-corrected chi connectivity index (χ2v) is 5.35. The average molecular weight is 293 g/mol. The van der Waals surface area contributed by atoms with Crippen molar-refractivity contribution in [2.45, 2.75) is 32.9 Å². The fraction of sp³-hybridized carbons (Fsp3) is 0.600. The number of aliphatic hydroxyl groups is 1. The van der Waals surface area contributed by atoms with E-state index in [0.29, 0.717) is 17.3 Å². The van der Waals surface area contributed by atoms with Gasteiger partial charge in [0.2, 0.25) is 0 Å². The van der Waals surface area contributed by atoms with E-state index in [-0.39, 0.29) is 17.2 Å². The fourth-order valence-corrected chi connectivity index (χ4v) is 3.08. The Morgan fingerprint density at radius 2 is 2.14 bits per heavy atom. The molecule has 0 amide bonds. The van der Waals surface area contributed by atoms with Gasteiger partial charge in [-0.1, -0.05) is 19.9 Å². The minimum atomic E-state index is -0.362. The van der Waals surface area contributed by atoms with Gasteiger partial charge in [-0.05, 0) is 31.1 Å². The minimum Gasteiger partial charge on any atom is -0.392 e. The topological polar surface area (TPSA) is 69.8 Å². The molecule has 6 nitrogen and oxygen atoms in total. The predicted molar refractivity (Wildman–Crippen MR) is 82.6 cm³/mol. The van der Waals surface area contributed by atoms with Crippen molar-refractivity contribution in [2.75, 3.05) is 31.1 Å². The number of nitro benzene ring substituents is 1. The number of rotatable bonds is 6. The number of anilines is 1. The molecule has 1 aliphatic heterocycles. The Morgan fingerprint density at radius 1 is 1.43 bits per heavy atom. The molecule has 1 atom stereocenters. The quantitative estimate of drug-likeness (QED) is 0.642. The van der Waals surface area contributed by atoms with Gasteiger partial charge in [0.05, 0.1) is 11.5 Å². The van der Waals surface area contributed by atoms with Crippen molar-refractivity contribution in [3.8, 4) is 0 Å². The summed E-state index contributed by atoms with van der Waals surface area (Å²) in [4.78, 5) is 15.4. The molecule has 21 heavy (non-hydrogen) atoms. The van der Waals surface area contributed by atoms with Gasteiger partial charge < -0.3 is 10.0 Å². The van der Waals surface area contributed by atoms with Crippen LogP contribution < -0.4 is 4.90 Å². The summed E-state index contributed by atoms with van der Waals surface area (Å²) in [6.45, 7) is 7.76. The van der Waals surface area contributed by atoms with Crippen molar-refractivity contribution in [3.63, 3.8) is 0 Å². The van der Waals surface area contributed by atoms with Crippen LogP contribution in [0.15, 0.2) is 18.2 Å². The number of nitro groups is 1. The summed E-state index contributed by atoms with van der Waals surface area (Å²) < 4.78 is 0. The monoisotopic (exact) mass is 293 g/mol. The van der Waals surface area contributed by atoms with Crippen LogP contribution in [-0.4, -0.2) is 47.2 Å². The summed E-state index contributed by atoms with van der Waals surface area (Å²) in [6.07, 6.45) is 1.03. The third-order valence-electron chi connectivity index (χ3n) is 4.25. The molecule has 1 aromatic carbocycles. The summed E-state index contributed by atoms with van der Waals surface area (Å²) in [6, 6.07) is 5.44. The van der Waals surface area contributed by atoms with Gasteiger partial charge in [-0.15, -0.1) is 0 Å². The van der Waals surface area contributed by atoms with Crippen molar-refractivity contribution in [2.24, 2.45) is 0 Å². The zero-order valence-electron chi connectivity index (χ0n) is 12.7. The number of nitrogens with zero attached hydrogens (tertiary/aromatic N) is 3. The molecule has 0 spiro atoms. The Labute approximate surface area is 125 Å². The van der Waals surface area contributed by atoms with E-state index in [0.717, 1.165) is 32.6 Å². The van der Waals surface area contributed by atoms with Crippen molar-refractivity contribution in [3.05, 3.63) is 33.9 Å². The molecule has 0 saturated carbocycles. The maximum absolute atomic E-state index is 11.3. The molecular weight excluding hydrogens is 270 g/mol. The molecule has 1 aliphatic rings. The van der Waals surface area contributed by atoms with Gasteiger partial charge in [-0.2, -0.15) is 0 Å². The van der Waals surface area contributed by atoms with E-state index in [1.807, 2.05) is 0 Å². The van der Waals surface area contributed by atoms with Gasteiger partial charge in [0.15, 0.2) is 0 Å². The molecule has 116 valence electrons. The predicted octanol–water partition coefficient (Wildman–Crippen LogP) is 2.01. The van der Waals surface area contributed by atoms with Crippen LogP contribution in [0, 0.1) is 10.1 Å². The Balaban J connectivity index is 2.21. The molecule has 2 rings (SSSR count). The first kappa shape index (κ1) is 15.7. The summed E-state index contributed by atoms with van der Waals surface area (Å²) in [5.74, 6) is 0. The van der Waals surface area contributed by atoms with E-state index >= 15 is 0 Å². The molecule has 1 saturated heterocycles. The highest BCUT2D eigenvalue weighted by Gasteiger charge is 2.30. The molecule has 6 heteroatoms. The second kappa shape index (κ2) is 6.87. The first-order chi connectivity index (χ1) is 10.1. The van der Waals surface area contributed by atoms with Crippen molar-refractivity contribution >= 4 is 11.4 Å². The van der Waals surface area contributed by atoms with Gasteiger partial charge >= 0.3 is 0 Å². The normalized spacial score (nSPS) is 18.5. The summed E-state index contributed by atoms with van der Waals surface area (Å²) >= 11 is 0. The van der Waals surface area contributed by atoms with Crippen LogP contribution in [0.1, 0.15) is 25.8 Å². The van der Waals surface area contributed by atoms with Crippen LogP contribution >= 0.6 is 0 Å². The summed E-state index contributed by atoms with van der Waals surface area (Å²) in [7, 11) is 0. The minimum absolute atomic E-state index is 0.0850. The van der Waals surface area contributed by atoms with Gasteiger partial charge in [-0.25, -0.2) is 0 Å². The zero-order chi connectivity index (χ0) is 15.4. The molecule has 1 unspecified atom stereocenters. The Morgan fingerprint density at radius 3 is 2.71 bits per heavy atom. The number of hydrogen-bond donors (Lipinski definition) is 1. The Kier molecular flexibility index (Phi) is 5.14. The van der Waals surface area contributed by atoms with E-state index < -0.39 is 0 Å². The largest absolute Gasteiger partial charge is 0.392 e. The van der Waals surface area contributed by atoms with Gasteiger partial charge in [0.1, 0.15) is 5.69 Å². The standard InChI is InChI=1S/C15H23N3O3/c1-3-16(4-2)13-7-8-17(10-13)14-6-5-12(11-19)9-15(14)18(20)21/h5-6,9,13,19H,3-4,7-8,10-11H2,1-2H3. The number of aliphatic hydroxyl groups excluding tert-OH is 1. The zero-order valence-corrected chi connectivity index (χ0v) is 12.7. The van der Waals surface area contributed by atoms with Gasteiger partial charge in [-0.3, -0.25) is 15.0 Å². The number of hydrogen-bond acceptors (Lipinski definition) is 5. The molecule has 0 aromatic heterocycles. The Bertz CT molecular complexity index is 503. The first-order valence-electron chi connectivity index (χ1n) is 7.47. The second-order valence-electron chi connectivity index (χ2n) is 5.35. The van der Waals surface area contributed by atoms with Gasteiger partial charge in [0.25, 0.3) is 5.69 Å². The Hall–Kier alpha value is -1.66. The van der Waals surface area contributed by atoms with Crippen LogP contribution in [-0.2, 0) is 6.61 Å². The van der Waals surface area contributed by atoms with E-state index in [9.17, 15) is 10.1 Å². The highest BCUT2D eigenvalue weighted by molar-refractivity contribution is 5.65. The van der Waals surface area contributed by atoms with Crippen LogP contribution in [0.4, 0.5) is 11.4 Å². The van der Waals surface area contributed by atoms with Gasteiger partial charge in [0, 0.05) is 25.2 Å². The molecule has 1 N–H and O–H groups in total. The molecule has 1 aromatic rings. The van der Waals surface area contributed by atoms with Crippen molar-refractivity contribution in [1.29, 1.82) is 0 Å². The maximum atomic E-state index is 11.3. The van der Waals surface area contributed by atoms with Crippen LogP contribution in [0.2, 0.25) is 0 Å². The highest BCUT2D eigenvalue weighted by atomic mass is 16.6. The lowest BCUT2D eigenvalue weighted by atomic mass is 10.1. The molecule has 1 fully saturated rings. The fourth-order valence-electron chi connectivity index (χ4n) is 3.08. The van der Waals surface area contributed by atoms with E-state index in [2.05, 4.69) is 23.6 Å². The van der Waals surface area contributed by atoms with E-state index in [1.165, 1.54) is 6.07 Å². The lowest BCUT2D eigenvalue weighted by molar-refractivity contribution is -0.384. The maximum Gasteiger partial charge on any atom is 0.292 e. The molecular formula is C15H23N3O3. The molecule has 0 bridgehead atoms. The smallest absolute Gasteiger partial charge is 0.292 e. The highest BCUT2D eigenvalue weighted by Crippen LogP contribution is 2.32. The van der Waals surface area contributed by atoms with E-state index in [1.54, 1.807) is 12.1 Å². The average Bonchev–Trinajstić information content (AvgIpc) is 2.97. The number of benzene rings is 1. The lowest BCUT2D eigenvalue weighted by Gasteiger charge is -2.26. The van der Waals surface area contributed by atoms with Crippen LogP contribution in [0.5, 0.6) is 0 Å². The summed E-state index contributed by atoms with van der Waals surface area (Å²) in [5.41, 5.74) is 1.32. The summed E-state index contributed by atoms with van der Waals surface area (Å²) in [5, 5.41) is 20.4. The van der Waals surface area contributed by atoms with Crippen LogP contribution in [0.25, 0.3) is 0 Å². The molecule has 0 radical (unpaired) electrons. The SMILES string of the molecule is CCN(CC)C1CCN(c2ccc(CO)cc2[N+](=O)[O-])C1. The van der Waals surface area contributed by atoms with E-state index in [4.69, 9.17) is 5.11 Å². The third kappa shape index (κ3) is 3.33. The molecule has 1 heterocycles. The van der Waals surface area contributed by atoms with Crippen molar-refractivity contribution < 1.29 is 10.0 Å². The first-order valence-corrected chi connectivity index (χ1v) is 7.47. The van der Waals surface area contributed by atoms with Crippen molar-refractivity contribution in [1.82, 2.24) is 4.90 Å². The lowest BCUT2D eigenvalue weighted by Crippen LogP contribution is -2.37. The van der Waals surface area contributed by atoms with Crippen LogP contribution in [0.3, 0.4) is 0 Å². The molecule has 0 aliphatic carbocycles. The third-order valence-corrected chi connectivity index (χ3v) is 4.25. The number of likely N-dealkylation sites (N-methyl/N-ethyl adjacent to an activating group) is 1.